The molecule has 2 aromatic rings. The first-order valence-electron chi connectivity index (χ1n) is 6.41. The molecule has 4 heteroatoms. The topological polar surface area (TPSA) is 37.8 Å². The summed E-state index contributed by atoms with van der Waals surface area (Å²) in [6.45, 7) is 3.03. The van der Waals surface area contributed by atoms with Gasteiger partial charge in [0, 0.05) is 24.5 Å². The van der Waals surface area contributed by atoms with Crippen molar-refractivity contribution in [2.45, 2.75) is 32.2 Å². The Bertz CT molecular complexity index is 535. The van der Waals surface area contributed by atoms with Crippen LogP contribution in [0.15, 0.2) is 23.7 Å². The monoisotopic (exact) mass is 259 g/mol. The van der Waals surface area contributed by atoms with Crippen molar-refractivity contribution in [1.29, 1.82) is 0 Å². The number of nitrogens with one attached hydrogen (secondary N) is 1. The van der Waals surface area contributed by atoms with Gasteiger partial charge in [0.25, 0.3) is 0 Å². The second kappa shape index (κ2) is 5.16. The van der Waals surface area contributed by atoms with Crippen LogP contribution in [0.1, 0.15) is 34.4 Å². The Balaban J connectivity index is 1.56. The van der Waals surface area contributed by atoms with E-state index in [1.807, 2.05) is 12.3 Å². The number of fused-ring (bicyclic) bond motifs is 1. The van der Waals surface area contributed by atoms with E-state index < -0.39 is 0 Å². The van der Waals surface area contributed by atoms with E-state index >= 15 is 0 Å². The van der Waals surface area contributed by atoms with Crippen LogP contribution < -0.4 is 5.32 Å². The third-order valence-electron chi connectivity index (χ3n) is 3.40. The number of nitrogens with zero attached hydrogens (tertiary/aromatic N) is 2. The summed E-state index contributed by atoms with van der Waals surface area (Å²) in [6, 6.07) is 4.65. The van der Waals surface area contributed by atoms with Crippen molar-refractivity contribution in [2.24, 2.45) is 0 Å². The van der Waals surface area contributed by atoms with E-state index in [1.54, 1.807) is 11.3 Å². The molecule has 0 saturated heterocycles. The van der Waals surface area contributed by atoms with E-state index in [0.29, 0.717) is 6.04 Å². The lowest BCUT2D eigenvalue weighted by Crippen LogP contribution is -2.22. The largest absolute Gasteiger partial charge is 0.308 e. The number of hydrogen-bond donors (Lipinski definition) is 1. The summed E-state index contributed by atoms with van der Waals surface area (Å²) >= 11 is 1.72. The standard InChI is InChI=1S/C14H17N3S/c1-10-17-12(9-18-10)6-8-15-13-5-4-11-3-2-7-16-14(11)13/h2-3,7,9,13,15H,4-6,8H2,1H3. The summed E-state index contributed by atoms with van der Waals surface area (Å²) < 4.78 is 0. The molecule has 94 valence electrons. The minimum Gasteiger partial charge on any atom is -0.308 e. The van der Waals surface area contributed by atoms with Crippen LogP contribution in [0.25, 0.3) is 0 Å². The maximum Gasteiger partial charge on any atom is 0.0897 e. The molecular weight excluding hydrogens is 242 g/mol. The average molecular weight is 259 g/mol. The second-order valence-electron chi connectivity index (χ2n) is 4.70. The fourth-order valence-electron chi connectivity index (χ4n) is 2.51. The molecule has 1 unspecified atom stereocenters. The maximum absolute atomic E-state index is 4.49. The quantitative estimate of drug-likeness (QED) is 0.917. The van der Waals surface area contributed by atoms with Crippen LogP contribution in [0, 0.1) is 6.92 Å². The van der Waals surface area contributed by atoms with Gasteiger partial charge in [-0.05, 0) is 31.4 Å². The number of pyridine rings is 1. The summed E-state index contributed by atoms with van der Waals surface area (Å²) in [5.41, 5.74) is 3.84. The zero-order chi connectivity index (χ0) is 12.4. The molecule has 1 aliphatic carbocycles. The minimum atomic E-state index is 0.431. The van der Waals surface area contributed by atoms with Gasteiger partial charge < -0.3 is 5.32 Å². The predicted octanol–water partition coefficient (Wildman–Crippen LogP) is 2.67. The zero-order valence-electron chi connectivity index (χ0n) is 10.5. The fourth-order valence-corrected chi connectivity index (χ4v) is 3.16. The van der Waals surface area contributed by atoms with Crippen LogP contribution in [0.4, 0.5) is 0 Å². The Labute approximate surface area is 111 Å². The highest BCUT2D eigenvalue weighted by Crippen LogP contribution is 2.28. The molecule has 2 aromatic heterocycles. The first-order chi connectivity index (χ1) is 8.83. The van der Waals surface area contributed by atoms with Gasteiger partial charge in [0.05, 0.1) is 22.4 Å². The van der Waals surface area contributed by atoms with Gasteiger partial charge in [0.1, 0.15) is 0 Å². The molecule has 1 aliphatic rings. The van der Waals surface area contributed by atoms with Crippen LogP contribution >= 0.6 is 11.3 Å². The zero-order valence-corrected chi connectivity index (χ0v) is 11.3. The van der Waals surface area contributed by atoms with Crippen LogP contribution in [0.2, 0.25) is 0 Å². The molecule has 3 nitrogen and oxygen atoms in total. The maximum atomic E-state index is 4.49. The molecule has 1 atom stereocenters. The average Bonchev–Trinajstić information content (AvgIpc) is 2.97. The summed E-state index contributed by atoms with van der Waals surface area (Å²) in [5.74, 6) is 0. The molecule has 0 saturated carbocycles. The Morgan fingerprint density at radius 1 is 1.50 bits per heavy atom. The molecule has 0 fully saturated rings. The van der Waals surface area contributed by atoms with Gasteiger partial charge in [-0.15, -0.1) is 11.3 Å². The molecule has 18 heavy (non-hydrogen) atoms. The molecule has 0 amide bonds. The SMILES string of the molecule is Cc1nc(CCNC2CCc3cccnc32)cs1. The van der Waals surface area contributed by atoms with Crippen molar-refractivity contribution in [3.05, 3.63) is 45.7 Å². The van der Waals surface area contributed by atoms with Gasteiger partial charge in [-0.25, -0.2) is 4.98 Å². The first-order valence-corrected chi connectivity index (χ1v) is 7.29. The molecule has 0 spiro atoms. The van der Waals surface area contributed by atoms with Crippen molar-refractivity contribution >= 4 is 11.3 Å². The van der Waals surface area contributed by atoms with E-state index in [2.05, 4.69) is 33.7 Å². The Morgan fingerprint density at radius 3 is 3.28 bits per heavy atom. The lowest BCUT2D eigenvalue weighted by molar-refractivity contribution is 0.523. The van der Waals surface area contributed by atoms with Crippen LogP contribution in [0.3, 0.4) is 0 Å². The Morgan fingerprint density at radius 2 is 2.44 bits per heavy atom. The highest BCUT2D eigenvalue weighted by molar-refractivity contribution is 7.09. The van der Waals surface area contributed by atoms with Gasteiger partial charge >= 0.3 is 0 Å². The smallest absolute Gasteiger partial charge is 0.0897 e. The Kier molecular flexibility index (Phi) is 3.39. The van der Waals surface area contributed by atoms with Crippen LogP contribution in [-0.4, -0.2) is 16.5 Å². The number of aryl methyl sites for hydroxylation is 2. The molecule has 1 N–H and O–H groups in total. The van der Waals surface area contributed by atoms with Gasteiger partial charge in [-0.2, -0.15) is 0 Å². The lowest BCUT2D eigenvalue weighted by Gasteiger charge is -2.12. The van der Waals surface area contributed by atoms with Crippen molar-refractivity contribution in [2.75, 3.05) is 6.54 Å². The summed E-state index contributed by atoms with van der Waals surface area (Å²) in [6.07, 6.45) is 5.21. The summed E-state index contributed by atoms with van der Waals surface area (Å²) in [7, 11) is 0. The van der Waals surface area contributed by atoms with Crippen molar-refractivity contribution in [1.82, 2.24) is 15.3 Å². The second-order valence-corrected chi connectivity index (χ2v) is 5.76. The van der Waals surface area contributed by atoms with Crippen LogP contribution in [0.5, 0.6) is 0 Å². The summed E-state index contributed by atoms with van der Waals surface area (Å²) in [5, 5.41) is 6.90. The van der Waals surface area contributed by atoms with Gasteiger partial charge in [-0.1, -0.05) is 6.07 Å². The normalized spacial score (nSPS) is 17.9. The molecule has 0 radical (unpaired) electrons. The number of hydrogen-bond acceptors (Lipinski definition) is 4. The van der Waals surface area contributed by atoms with Crippen molar-refractivity contribution < 1.29 is 0 Å². The van der Waals surface area contributed by atoms with Gasteiger partial charge in [0.2, 0.25) is 0 Å². The third-order valence-corrected chi connectivity index (χ3v) is 4.22. The summed E-state index contributed by atoms with van der Waals surface area (Å²) in [4.78, 5) is 8.98. The van der Waals surface area contributed by atoms with Crippen molar-refractivity contribution in [3.8, 4) is 0 Å². The van der Waals surface area contributed by atoms with E-state index in [0.717, 1.165) is 24.4 Å². The third kappa shape index (κ3) is 2.44. The Hall–Kier alpha value is -1.26. The molecule has 2 heterocycles. The highest BCUT2D eigenvalue weighted by atomic mass is 32.1. The molecule has 0 bridgehead atoms. The van der Waals surface area contributed by atoms with E-state index in [4.69, 9.17) is 0 Å². The van der Waals surface area contributed by atoms with E-state index in [-0.39, 0.29) is 0 Å². The van der Waals surface area contributed by atoms with E-state index in [9.17, 15) is 0 Å². The van der Waals surface area contributed by atoms with Gasteiger partial charge in [-0.3, -0.25) is 4.98 Å². The lowest BCUT2D eigenvalue weighted by atomic mass is 10.2. The van der Waals surface area contributed by atoms with Gasteiger partial charge in [0.15, 0.2) is 0 Å². The van der Waals surface area contributed by atoms with Crippen molar-refractivity contribution in [3.63, 3.8) is 0 Å². The molecule has 0 aliphatic heterocycles. The fraction of sp³-hybridized carbons (Fsp3) is 0.429. The molecule has 3 rings (SSSR count). The first kappa shape index (κ1) is 11.8. The minimum absolute atomic E-state index is 0.431. The molecule has 0 aromatic carbocycles. The van der Waals surface area contributed by atoms with E-state index in [1.165, 1.54) is 23.4 Å². The molecular formula is C14H17N3S. The highest BCUT2D eigenvalue weighted by Gasteiger charge is 2.22. The number of aromatic nitrogens is 2. The number of rotatable bonds is 4. The van der Waals surface area contributed by atoms with Crippen LogP contribution in [-0.2, 0) is 12.8 Å². The number of thiazole rings is 1. The predicted molar refractivity (Wildman–Crippen MR) is 73.9 cm³/mol.